The summed E-state index contributed by atoms with van der Waals surface area (Å²) < 4.78 is 14.0. The molecule has 4 rings (SSSR count). The lowest BCUT2D eigenvalue weighted by atomic mass is 10.0. The number of aromatic nitrogens is 1. The second-order valence-electron chi connectivity index (χ2n) is 8.11. The highest BCUT2D eigenvalue weighted by atomic mass is 35.5. The van der Waals surface area contributed by atoms with Gasteiger partial charge in [0.1, 0.15) is 11.6 Å². The predicted molar refractivity (Wildman–Crippen MR) is 139 cm³/mol. The number of hydroxylamine groups is 2. The van der Waals surface area contributed by atoms with E-state index < -0.39 is 5.82 Å². The number of nitrogens with two attached hydrogens (primary N) is 1. The maximum Gasteiger partial charge on any atom is 0.253 e. The zero-order valence-electron chi connectivity index (χ0n) is 19.3. The fraction of sp³-hybridized carbons (Fsp3) is 0.280. The van der Waals surface area contributed by atoms with E-state index in [9.17, 15) is 9.18 Å². The number of halogens is 3. The van der Waals surface area contributed by atoms with Gasteiger partial charge in [-0.05, 0) is 42.8 Å². The lowest BCUT2D eigenvalue weighted by molar-refractivity contribution is -0.147. The van der Waals surface area contributed by atoms with Gasteiger partial charge in [0.15, 0.2) is 0 Å². The van der Waals surface area contributed by atoms with Crippen molar-refractivity contribution in [1.82, 2.24) is 14.9 Å². The van der Waals surface area contributed by atoms with Gasteiger partial charge in [-0.25, -0.2) is 9.37 Å². The molecule has 10 heteroatoms. The fourth-order valence-corrected chi connectivity index (χ4v) is 5.87. The molecule has 3 aromatic rings. The van der Waals surface area contributed by atoms with Crippen molar-refractivity contribution in [3.8, 4) is 11.1 Å². The molecule has 1 atom stereocenters. The minimum absolute atomic E-state index is 0.00310. The molecule has 1 saturated heterocycles. The summed E-state index contributed by atoms with van der Waals surface area (Å²) in [5, 5.41) is 1.98. The predicted octanol–water partition coefficient (Wildman–Crippen LogP) is 5.95. The van der Waals surface area contributed by atoms with E-state index in [0.717, 1.165) is 16.0 Å². The molecule has 2 aromatic carbocycles. The maximum absolute atomic E-state index is 14.0. The second-order valence-corrected chi connectivity index (χ2v) is 10.3. The van der Waals surface area contributed by atoms with Crippen molar-refractivity contribution in [2.24, 2.45) is 0 Å². The molecule has 35 heavy (non-hydrogen) atoms. The number of rotatable bonds is 6. The standard InChI is InChI=1S/C25H25Cl2FN4O2S/c1-15(22-19(26)7-8-20(28)23(22)27)35-21-13-18(14-30-24(21)29)16-3-5-17(6-4-16)25(33)31-9-11-32(34-2)12-10-31/h3-8,13-15H,9-12H2,1-2H3,(H2,29,30). The van der Waals surface area contributed by atoms with E-state index >= 15 is 0 Å². The Labute approximate surface area is 218 Å². The summed E-state index contributed by atoms with van der Waals surface area (Å²) >= 11 is 13.9. The molecular weight excluding hydrogens is 510 g/mol. The van der Waals surface area contributed by atoms with Crippen molar-refractivity contribution >= 4 is 46.7 Å². The van der Waals surface area contributed by atoms with Gasteiger partial charge >= 0.3 is 0 Å². The largest absolute Gasteiger partial charge is 0.383 e. The topological polar surface area (TPSA) is 71.7 Å². The van der Waals surface area contributed by atoms with Crippen LogP contribution in [0.15, 0.2) is 53.6 Å². The van der Waals surface area contributed by atoms with E-state index in [1.54, 1.807) is 13.3 Å². The van der Waals surface area contributed by atoms with Crippen LogP contribution in [-0.2, 0) is 4.84 Å². The molecule has 0 saturated carbocycles. The monoisotopic (exact) mass is 534 g/mol. The lowest BCUT2D eigenvalue weighted by Gasteiger charge is -2.33. The van der Waals surface area contributed by atoms with Crippen molar-refractivity contribution in [1.29, 1.82) is 0 Å². The molecule has 184 valence electrons. The third-order valence-corrected chi connectivity index (χ3v) is 7.80. The maximum atomic E-state index is 14.0. The molecule has 1 amide bonds. The summed E-state index contributed by atoms with van der Waals surface area (Å²) in [7, 11) is 1.64. The van der Waals surface area contributed by atoms with Crippen LogP contribution in [0.2, 0.25) is 10.0 Å². The second kappa shape index (κ2) is 11.1. The average Bonchev–Trinajstić information content (AvgIpc) is 2.87. The third-order valence-electron chi connectivity index (χ3n) is 5.92. The van der Waals surface area contributed by atoms with Crippen molar-refractivity contribution in [3.63, 3.8) is 0 Å². The molecule has 0 radical (unpaired) electrons. The van der Waals surface area contributed by atoms with Gasteiger partial charge < -0.3 is 15.5 Å². The fourth-order valence-electron chi connectivity index (χ4n) is 3.93. The molecule has 0 aliphatic carbocycles. The highest BCUT2D eigenvalue weighted by Crippen LogP contribution is 2.44. The summed E-state index contributed by atoms with van der Waals surface area (Å²) in [6, 6.07) is 12.1. The molecule has 1 fully saturated rings. The Morgan fingerprint density at radius 2 is 1.80 bits per heavy atom. The number of benzene rings is 2. The first kappa shape index (κ1) is 25.7. The number of hydrogen-bond acceptors (Lipinski definition) is 6. The summed E-state index contributed by atoms with van der Waals surface area (Å²) in [6.07, 6.45) is 1.69. The van der Waals surface area contributed by atoms with Crippen LogP contribution in [0.25, 0.3) is 11.1 Å². The Bertz CT molecular complexity index is 1220. The Hall–Kier alpha value is -2.36. The van der Waals surface area contributed by atoms with Crippen LogP contribution in [0.3, 0.4) is 0 Å². The molecule has 1 unspecified atom stereocenters. The minimum Gasteiger partial charge on any atom is -0.383 e. The van der Waals surface area contributed by atoms with Crippen LogP contribution in [0.1, 0.15) is 28.1 Å². The number of carbonyl (C=O) groups excluding carboxylic acids is 1. The quantitative estimate of drug-likeness (QED) is 0.311. The van der Waals surface area contributed by atoms with Crippen molar-refractivity contribution in [3.05, 3.63) is 75.7 Å². The normalized spacial score (nSPS) is 15.3. The highest BCUT2D eigenvalue weighted by molar-refractivity contribution is 7.99. The highest BCUT2D eigenvalue weighted by Gasteiger charge is 2.22. The minimum atomic E-state index is -0.520. The molecule has 0 bridgehead atoms. The zero-order valence-corrected chi connectivity index (χ0v) is 21.6. The van der Waals surface area contributed by atoms with Crippen LogP contribution in [0.5, 0.6) is 0 Å². The lowest BCUT2D eigenvalue weighted by Crippen LogP contribution is -2.48. The van der Waals surface area contributed by atoms with Gasteiger partial charge in [-0.15, -0.1) is 11.8 Å². The van der Waals surface area contributed by atoms with Crippen LogP contribution in [0, 0.1) is 5.82 Å². The van der Waals surface area contributed by atoms with Gasteiger partial charge in [0.2, 0.25) is 0 Å². The summed E-state index contributed by atoms with van der Waals surface area (Å²) in [5.74, 6) is -0.165. The van der Waals surface area contributed by atoms with Gasteiger partial charge in [0.05, 0.1) is 17.0 Å². The van der Waals surface area contributed by atoms with Crippen LogP contribution in [-0.4, -0.2) is 54.1 Å². The Morgan fingerprint density at radius 3 is 2.46 bits per heavy atom. The summed E-state index contributed by atoms with van der Waals surface area (Å²) in [5.41, 5.74) is 9.01. The average molecular weight is 535 g/mol. The summed E-state index contributed by atoms with van der Waals surface area (Å²) in [6.45, 7) is 4.49. The number of carbonyl (C=O) groups is 1. The van der Waals surface area contributed by atoms with E-state index in [1.807, 2.05) is 47.2 Å². The van der Waals surface area contributed by atoms with Crippen LogP contribution < -0.4 is 5.73 Å². The number of nitrogens with zero attached hydrogens (tertiary/aromatic N) is 3. The Balaban J connectivity index is 1.51. The molecule has 1 aliphatic rings. The van der Waals surface area contributed by atoms with E-state index in [-0.39, 0.29) is 16.2 Å². The zero-order chi connectivity index (χ0) is 25.1. The SMILES string of the molecule is CON1CCN(C(=O)c2ccc(-c3cnc(N)c(SC(C)c4c(Cl)ccc(F)c4Cl)c3)cc2)CC1. The first-order valence-electron chi connectivity index (χ1n) is 11.0. The van der Waals surface area contributed by atoms with Crippen molar-refractivity contribution in [2.75, 3.05) is 39.0 Å². The van der Waals surface area contributed by atoms with E-state index in [4.69, 9.17) is 33.8 Å². The van der Waals surface area contributed by atoms with Gasteiger partial charge in [-0.1, -0.05) is 35.3 Å². The molecule has 1 aliphatic heterocycles. The van der Waals surface area contributed by atoms with E-state index in [1.165, 1.54) is 23.9 Å². The number of piperazine rings is 1. The van der Waals surface area contributed by atoms with Gasteiger partial charge in [-0.3, -0.25) is 4.79 Å². The number of anilines is 1. The Kier molecular flexibility index (Phi) is 8.19. The van der Waals surface area contributed by atoms with E-state index in [2.05, 4.69) is 4.98 Å². The smallest absolute Gasteiger partial charge is 0.253 e. The van der Waals surface area contributed by atoms with Gasteiger partial charge in [-0.2, -0.15) is 5.06 Å². The number of hydrogen-bond donors (Lipinski definition) is 1. The van der Waals surface area contributed by atoms with Gasteiger partial charge in [0.25, 0.3) is 5.91 Å². The molecule has 0 spiro atoms. The van der Waals surface area contributed by atoms with E-state index in [0.29, 0.717) is 48.1 Å². The number of nitrogen functional groups attached to an aromatic ring is 1. The van der Waals surface area contributed by atoms with Crippen LogP contribution >= 0.6 is 35.0 Å². The molecule has 2 heterocycles. The molecular formula is C25H25Cl2FN4O2S. The number of pyridine rings is 1. The van der Waals surface area contributed by atoms with Crippen molar-refractivity contribution in [2.45, 2.75) is 17.1 Å². The molecule has 2 N–H and O–H groups in total. The number of amides is 1. The Morgan fingerprint density at radius 1 is 1.11 bits per heavy atom. The first-order chi connectivity index (χ1) is 16.8. The molecule has 6 nitrogen and oxygen atoms in total. The molecule has 1 aromatic heterocycles. The first-order valence-corrected chi connectivity index (χ1v) is 12.7. The van der Waals surface area contributed by atoms with Crippen molar-refractivity contribution < 1.29 is 14.0 Å². The summed E-state index contributed by atoms with van der Waals surface area (Å²) in [4.78, 5) is 25.0. The number of thioether (sulfide) groups is 1. The van der Waals surface area contributed by atoms with Crippen LogP contribution in [0.4, 0.5) is 10.2 Å². The third kappa shape index (κ3) is 5.73. The van der Waals surface area contributed by atoms with Gasteiger partial charge in [0, 0.05) is 59.3 Å².